The van der Waals surface area contributed by atoms with Gasteiger partial charge in [0.25, 0.3) is 5.91 Å². The number of nitrogens with zero attached hydrogens (tertiary/aromatic N) is 2. The molecule has 1 aliphatic rings. The van der Waals surface area contributed by atoms with Crippen molar-refractivity contribution in [1.29, 1.82) is 0 Å². The largest absolute Gasteiger partial charge is 0.494 e. The number of aromatic nitrogens is 2. The molecular formula is C30H35ClN4O7. The van der Waals surface area contributed by atoms with Crippen molar-refractivity contribution in [2.45, 2.75) is 52.8 Å². The van der Waals surface area contributed by atoms with Gasteiger partial charge in [0.05, 0.1) is 28.4 Å². The molecular weight excluding hydrogens is 564 g/mol. The third kappa shape index (κ3) is 6.15. The molecule has 0 bridgehead atoms. The first kappa shape index (κ1) is 30.7. The van der Waals surface area contributed by atoms with E-state index in [1.807, 2.05) is 12.1 Å². The van der Waals surface area contributed by atoms with Crippen LogP contribution in [0.1, 0.15) is 65.3 Å². The fraction of sp³-hybridized carbons (Fsp3) is 0.400. The number of aromatic carboxylic acids is 2. The highest BCUT2D eigenvalue weighted by Gasteiger charge is 2.64. The van der Waals surface area contributed by atoms with Crippen molar-refractivity contribution in [3.63, 3.8) is 0 Å². The van der Waals surface area contributed by atoms with Crippen LogP contribution >= 0.6 is 11.6 Å². The van der Waals surface area contributed by atoms with Crippen molar-refractivity contribution in [3.8, 4) is 11.5 Å². The van der Waals surface area contributed by atoms with Crippen molar-refractivity contribution in [2.75, 3.05) is 19.0 Å². The quantitative estimate of drug-likeness (QED) is 0.210. The van der Waals surface area contributed by atoms with Crippen LogP contribution in [0.25, 0.3) is 0 Å². The fourth-order valence-corrected chi connectivity index (χ4v) is 6.18. The molecule has 1 amide bonds. The number of carboxylic acids is 2. The normalized spacial score (nSPS) is 18.4. The molecule has 42 heavy (non-hydrogen) atoms. The summed E-state index contributed by atoms with van der Waals surface area (Å²) in [5.74, 6) is -2.03. The maximum atomic E-state index is 13.1. The Morgan fingerprint density at radius 3 is 2.26 bits per heavy atom. The lowest BCUT2D eigenvalue weighted by atomic mass is 9.49. The van der Waals surface area contributed by atoms with Crippen LogP contribution in [0.15, 0.2) is 48.7 Å². The highest BCUT2D eigenvalue weighted by Crippen LogP contribution is 2.55. The van der Waals surface area contributed by atoms with E-state index in [9.17, 15) is 19.5 Å². The van der Waals surface area contributed by atoms with Crippen molar-refractivity contribution in [1.82, 2.24) is 15.1 Å². The molecule has 11 nitrogen and oxygen atoms in total. The third-order valence-electron chi connectivity index (χ3n) is 7.70. The van der Waals surface area contributed by atoms with Crippen LogP contribution in [0.2, 0.25) is 5.02 Å². The molecule has 0 spiro atoms. The van der Waals surface area contributed by atoms with Gasteiger partial charge in [0.15, 0.2) is 0 Å². The van der Waals surface area contributed by atoms with Gasteiger partial charge in [-0.3, -0.25) is 9.48 Å². The molecule has 3 aromatic rings. The highest BCUT2D eigenvalue weighted by atomic mass is 35.5. The summed E-state index contributed by atoms with van der Waals surface area (Å²) in [6.45, 7) is 8.93. The van der Waals surface area contributed by atoms with Gasteiger partial charge in [0.1, 0.15) is 23.3 Å². The minimum atomic E-state index is -1.35. The molecule has 0 unspecified atom stereocenters. The Morgan fingerprint density at radius 2 is 1.64 bits per heavy atom. The Hall–Kier alpha value is -4.25. The van der Waals surface area contributed by atoms with Crippen molar-refractivity contribution >= 4 is 35.1 Å². The number of benzene rings is 2. The summed E-state index contributed by atoms with van der Waals surface area (Å²) < 4.78 is 13.6. The number of aryl methyl sites for hydroxylation is 1. The molecule has 0 aliphatic heterocycles. The van der Waals surface area contributed by atoms with Gasteiger partial charge in [0, 0.05) is 49.1 Å². The van der Waals surface area contributed by atoms with Gasteiger partial charge in [0.2, 0.25) is 0 Å². The number of carbonyl (C=O) groups excluding carboxylic acids is 1. The molecule has 1 saturated carbocycles. The number of rotatable bonds is 12. The van der Waals surface area contributed by atoms with E-state index in [1.54, 1.807) is 30.1 Å². The maximum absolute atomic E-state index is 13.1. The van der Waals surface area contributed by atoms with Gasteiger partial charge in [-0.05, 0) is 36.4 Å². The Balaban J connectivity index is 1.30. The number of hydrogen-bond donors (Lipinski definition) is 4. The van der Waals surface area contributed by atoms with Gasteiger partial charge in [-0.25, -0.2) is 9.59 Å². The molecule has 1 aromatic heterocycles. The molecule has 224 valence electrons. The minimum Gasteiger partial charge on any atom is -0.494 e. The lowest BCUT2D eigenvalue weighted by molar-refractivity contribution is -0.164. The molecule has 1 aliphatic carbocycles. The first-order valence-electron chi connectivity index (χ1n) is 13.5. The summed E-state index contributed by atoms with van der Waals surface area (Å²) >= 11 is 6.33. The number of halogens is 1. The smallest absolute Gasteiger partial charge is 0.336 e. The van der Waals surface area contributed by atoms with E-state index in [1.165, 1.54) is 18.2 Å². The van der Waals surface area contributed by atoms with E-state index in [4.69, 9.17) is 26.2 Å². The van der Waals surface area contributed by atoms with Crippen molar-refractivity contribution in [2.24, 2.45) is 10.8 Å². The van der Waals surface area contributed by atoms with Gasteiger partial charge in [-0.15, -0.1) is 0 Å². The van der Waals surface area contributed by atoms with Crippen LogP contribution in [0.3, 0.4) is 0 Å². The molecule has 0 atom stereocenters. The lowest BCUT2D eigenvalue weighted by Crippen LogP contribution is -2.74. The van der Waals surface area contributed by atoms with Gasteiger partial charge in [-0.2, -0.15) is 5.10 Å². The molecule has 0 saturated heterocycles. The SMILES string of the molecule is CNc1ccc(OC2C(C)(C)C(NC(=O)c3ccn(CCCOc4ccc(C(=O)O)c(C(=O)O)c4)n3)C2(C)C)cc1Cl. The maximum Gasteiger partial charge on any atom is 0.336 e. The Kier molecular flexibility index (Phi) is 8.72. The second-order valence-corrected chi connectivity index (χ2v) is 11.8. The predicted molar refractivity (Wildman–Crippen MR) is 157 cm³/mol. The fourth-order valence-electron chi connectivity index (χ4n) is 5.91. The second kappa shape index (κ2) is 11.9. The predicted octanol–water partition coefficient (Wildman–Crippen LogP) is 5.06. The zero-order valence-corrected chi connectivity index (χ0v) is 24.9. The van der Waals surface area contributed by atoms with Crippen LogP contribution < -0.4 is 20.1 Å². The molecule has 4 N–H and O–H groups in total. The topological polar surface area (TPSA) is 152 Å². The molecule has 1 heterocycles. The first-order valence-corrected chi connectivity index (χ1v) is 13.8. The zero-order chi connectivity index (χ0) is 30.8. The summed E-state index contributed by atoms with van der Waals surface area (Å²) in [5, 5.41) is 29.5. The standard InChI is InChI=1S/C30H35ClN4O7/c1-29(2)27(30(3,4)28(29)42-18-8-10-22(32-5)21(31)16-18)33-24(36)23-11-13-35(34-23)12-6-14-41-17-7-9-19(25(37)38)20(15-17)26(39)40/h7-11,13,15-16,27-28,32H,6,12,14H2,1-5H3,(H,33,36)(H,37,38)(H,39,40). The van der Waals surface area contributed by atoms with E-state index >= 15 is 0 Å². The monoisotopic (exact) mass is 598 g/mol. The van der Waals surface area contributed by atoms with Crippen LogP contribution in [0, 0.1) is 10.8 Å². The third-order valence-corrected chi connectivity index (χ3v) is 8.02. The minimum absolute atomic E-state index is 0.170. The number of carbonyl (C=O) groups is 3. The summed E-state index contributed by atoms with van der Waals surface area (Å²) in [7, 11) is 1.80. The number of carboxylic acid groups (broad SMARTS) is 2. The van der Waals surface area contributed by atoms with E-state index < -0.39 is 11.9 Å². The first-order chi connectivity index (χ1) is 19.7. The Labute approximate surface area is 248 Å². The van der Waals surface area contributed by atoms with E-state index in [0.29, 0.717) is 23.7 Å². The molecule has 0 radical (unpaired) electrons. The van der Waals surface area contributed by atoms with Gasteiger partial charge >= 0.3 is 11.9 Å². The Morgan fingerprint density at radius 1 is 0.976 bits per heavy atom. The summed E-state index contributed by atoms with van der Waals surface area (Å²) in [4.78, 5) is 35.7. The summed E-state index contributed by atoms with van der Waals surface area (Å²) in [6.07, 6.45) is 2.06. The molecule has 12 heteroatoms. The van der Waals surface area contributed by atoms with E-state index in [-0.39, 0.29) is 58.1 Å². The second-order valence-electron chi connectivity index (χ2n) is 11.4. The highest BCUT2D eigenvalue weighted by molar-refractivity contribution is 6.33. The van der Waals surface area contributed by atoms with Crippen LogP contribution in [-0.2, 0) is 6.54 Å². The Bertz CT molecular complexity index is 1480. The number of ether oxygens (including phenoxy) is 2. The number of amides is 1. The van der Waals surface area contributed by atoms with Crippen LogP contribution in [0.5, 0.6) is 11.5 Å². The van der Waals surface area contributed by atoms with Crippen LogP contribution in [0.4, 0.5) is 5.69 Å². The number of hydrogen-bond acceptors (Lipinski definition) is 7. The molecule has 2 aromatic carbocycles. The zero-order valence-electron chi connectivity index (χ0n) is 24.1. The van der Waals surface area contributed by atoms with Crippen LogP contribution in [-0.4, -0.2) is 63.6 Å². The summed E-state index contributed by atoms with van der Waals surface area (Å²) in [5.41, 5.74) is -0.275. The van der Waals surface area contributed by atoms with Gasteiger partial charge < -0.3 is 30.3 Å². The molecule has 1 fully saturated rings. The van der Waals surface area contributed by atoms with Gasteiger partial charge in [-0.1, -0.05) is 39.3 Å². The van der Waals surface area contributed by atoms with Crippen molar-refractivity contribution < 1.29 is 34.1 Å². The average molecular weight is 599 g/mol. The number of anilines is 1. The lowest BCUT2D eigenvalue weighted by Gasteiger charge is -2.63. The number of nitrogens with one attached hydrogen (secondary N) is 2. The van der Waals surface area contributed by atoms with Crippen molar-refractivity contribution in [3.05, 3.63) is 70.5 Å². The van der Waals surface area contributed by atoms with E-state index in [0.717, 1.165) is 5.69 Å². The molecule has 4 rings (SSSR count). The van der Waals surface area contributed by atoms with E-state index in [2.05, 4.69) is 43.4 Å². The average Bonchev–Trinajstić information content (AvgIpc) is 3.41. The summed E-state index contributed by atoms with van der Waals surface area (Å²) in [6, 6.07) is 10.8.